The van der Waals surface area contributed by atoms with Gasteiger partial charge in [0, 0.05) is 13.2 Å². The smallest absolute Gasteiger partial charge is 0.0700 e. The molecule has 0 aliphatic heterocycles. The summed E-state index contributed by atoms with van der Waals surface area (Å²) in [6.45, 7) is 7.99. The normalized spacial score (nSPS) is 11.6. The zero-order valence-corrected chi connectivity index (χ0v) is 28.3. The Kier molecular flexibility index (Phi) is 38.8. The Bertz CT molecular complexity index is 372. The molecule has 0 saturated heterocycles. The molecule has 0 aliphatic rings. The van der Waals surface area contributed by atoms with E-state index in [0.717, 1.165) is 26.4 Å². The Morgan fingerprint density at radius 2 is 0.375 bits per heavy atom. The van der Waals surface area contributed by atoms with Crippen LogP contribution in [-0.2, 0) is 9.47 Å². The first-order valence-corrected chi connectivity index (χ1v) is 19.1. The summed E-state index contributed by atoms with van der Waals surface area (Å²) in [5.41, 5.74) is 0. The molecule has 0 aromatic rings. The zero-order chi connectivity index (χ0) is 28.9. The Balaban J connectivity index is 3.01. The SMILES string of the molecule is CCCCCCCCCCCCCCCCCCOCCOCCCCCCCCCCCCCCCCCC. The van der Waals surface area contributed by atoms with E-state index in [1.54, 1.807) is 0 Å². The third-order valence-electron chi connectivity index (χ3n) is 8.66. The molecule has 0 unspecified atom stereocenters. The topological polar surface area (TPSA) is 18.5 Å². The lowest BCUT2D eigenvalue weighted by Crippen LogP contribution is -2.06. The predicted octanol–water partition coefficient (Wildman–Crippen LogP) is 13.5. The van der Waals surface area contributed by atoms with Crippen molar-refractivity contribution < 1.29 is 9.47 Å². The minimum absolute atomic E-state index is 0.775. The van der Waals surface area contributed by atoms with Crippen molar-refractivity contribution in [1.29, 1.82) is 0 Å². The molecular formula is C38H78O2. The summed E-state index contributed by atoms with van der Waals surface area (Å²) < 4.78 is 11.5. The van der Waals surface area contributed by atoms with Crippen LogP contribution < -0.4 is 0 Å². The summed E-state index contributed by atoms with van der Waals surface area (Å²) in [5, 5.41) is 0. The van der Waals surface area contributed by atoms with Crippen molar-refractivity contribution in [2.24, 2.45) is 0 Å². The molecule has 0 heterocycles. The van der Waals surface area contributed by atoms with Crippen molar-refractivity contribution in [2.75, 3.05) is 26.4 Å². The highest BCUT2D eigenvalue weighted by Crippen LogP contribution is 2.15. The van der Waals surface area contributed by atoms with Gasteiger partial charge in [-0.05, 0) is 12.8 Å². The van der Waals surface area contributed by atoms with E-state index in [1.807, 2.05) is 0 Å². The largest absolute Gasteiger partial charge is 0.379 e. The fourth-order valence-corrected chi connectivity index (χ4v) is 5.83. The van der Waals surface area contributed by atoms with E-state index in [4.69, 9.17) is 9.47 Å². The summed E-state index contributed by atoms with van der Waals surface area (Å²) in [6.07, 6.45) is 45.5. The number of unbranched alkanes of at least 4 members (excludes halogenated alkanes) is 30. The molecule has 2 heteroatoms. The van der Waals surface area contributed by atoms with Crippen LogP contribution in [0.2, 0.25) is 0 Å². The molecule has 0 aromatic heterocycles. The van der Waals surface area contributed by atoms with Gasteiger partial charge in [-0.15, -0.1) is 0 Å². The highest BCUT2D eigenvalue weighted by atomic mass is 16.5. The van der Waals surface area contributed by atoms with E-state index in [-0.39, 0.29) is 0 Å². The van der Waals surface area contributed by atoms with Gasteiger partial charge in [-0.1, -0.05) is 206 Å². The standard InChI is InChI=1S/C38H78O2/c1-3-5-7-9-11-13-15-17-19-21-23-25-27-29-31-33-35-39-37-38-40-36-34-32-30-28-26-24-22-20-18-16-14-12-10-8-6-4-2/h3-38H2,1-2H3. The van der Waals surface area contributed by atoms with Crippen LogP contribution in [0, 0.1) is 0 Å². The van der Waals surface area contributed by atoms with Crippen molar-refractivity contribution in [2.45, 2.75) is 219 Å². The lowest BCUT2D eigenvalue weighted by molar-refractivity contribution is 0.0448. The van der Waals surface area contributed by atoms with Crippen LogP contribution in [-0.4, -0.2) is 26.4 Å². The van der Waals surface area contributed by atoms with Gasteiger partial charge in [0.05, 0.1) is 13.2 Å². The van der Waals surface area contributed by atoms with Crippen LogP contribution in [0.5, 0.6) is 0 Å². The number of ether oxygens (including phenoxy) is 2. The van der Waals surface area contributed by atoms with Gasteiger partial charge in [-0.3, -0.25) is 0 Å². The van der Waals surface area contributed by atoms with Crippen LogP contribution in [0.15, 0.2) is 0 Å². The summed E-state index contributed by atoms with van der Waals surface area (Å²) in [7, 11) is 0. The Hall–Kier alpha value is -0.0800. The lowest BCUT2D eigenvalue weighted by Gasteiger charge is -2.06. The van der Waals surface area contributed by atoms with Gasteiger partial charge in [-0.2, -0.15) is 0 Å². The Labute approximate surface area is 254 Å². The third kappa shape index (κ3) is 37.9. The van der Waals surface area contributed by atoms with Gasteiger partial charge in [-0.25, -0.2) is 0 Å². The van der Waals surface area contributed by atoms with Crippen LogP contribution in [0.25, 0.3) is 0 Å². The fraction of sp³-hybridized carbons (Fsp3) is 1.00. The molecule has 0 rings (SSSR count). The second-order valence-electron chi connectivity index (χ2n) is 12.8. The third-order valence-corrected chi connectivity index (χ3v) is 8.66. The fourth-order valence-electron chi connectivity index (χ4n) is 5.83. The second kappa shape index (κ2) is 38.9. The van der Waals surface area contributed by atoms with Crippen molar-refractivity contribution >= 4 is 0 Å². The van der Waals surface area contributed by atoms with Crippen molar-refractivity contribution in [3.8, 4) is 0 Å². The summed E-state index contributed by atoms with van der Waals surface area (Å²) in [5.74, 6) is 0. The average molecular weight is 567 g/mol. The summed E-state index contributed by atoms with van der Waals surface area (Å²) in [6, 6.07) is 0. The first kappa shape index (κ1) is 39.9. The Morgan fingerprint density at radius 1 is 0.200 bits per heavy atom. The van der Waals surface area contributed by atoms with Gasteiger partial charge in [0.15, 0.2) is 0 Å². The van der Waals surface area contributed by atoms with E-state index < -0.39 is 0 Å². The minimum atomic E-state index is 0.775. The molecule has 0 aliphatic carbocycles. The van der Waals surface area contributed by atoms with Gasteiger partial charge < -0.3 is 9.47 Å². The first-order valence-electron chi connectivity index (χ1n) is 19.1. The van der Waals surface area contributed by atoms with E-state index in [0.29, 0.717) is 0 Å². The van der Waals surface area contributed by atoms with E-state index in [9.17, 15) is 0 Å². The van der Waals surface area contributed by atoms with Crippen LogP contribution in [0.1, 0.15) is 219 Å². The monoisotopic (exact) mass is 567 g/mol. The molecule has 0 atom stereocenters. The molecule has 0 radical (unpaired) electrons. The molecule has 0 bridgehead atoms. The maximum Gasteiger partial charge on any atom is 0.0700 e. The van der Waals surface area contributed by atoms with Crippen molar-refractivity contribution in [3.63, 3.8) is 0 Å². The molecule has 0 N–H and O–H groups in total. The molecule has 0 saturated carbocycles. The first-order chi connectivity index (χ1) is 19.9. The van der Waals surface area contributed by atoms with Crippen LogP contribution in [0.4, 0.5) is 0 Å². The molecule has 242 valence electrons. The number of hydrogen-bond acceptors (Lipinski definition) is 2. The molecule has 0 amide bonds. The number of hydrogen-bond donors (Lipinski definition) is 0. The molecule has 0 aromatic carbocycles. The van der Waals surface area contributed by atoms with Gasteiger partial charge in [0.2, 0.25) is 0 Å². The molecule has 40 heavy (non-hydrogen) atoms. The molecule has 2 nitrogen and oxygen atoms in total. The van der Waals surface area contributed by atoms with Crippen LogP contribution >= 0.6 is 0 Å². The maximum atomic E-state index is 5.76. The minimum Gasteiger partial charge on any atom is -0.379 e. The predicted molar refractivity (Wildman–Crippen MR) is 181 cm³/mol. The molecule has 0 fully saturated rings. The van der Waals surface area contributed by atoms with Crippen molar-refractivity contribution in [3.05, 3.63) is 0 Å². The summed E-state index contributed by atoms with van der Waals surface area (Å²) >= 11 is 0. The van der Waals surface area contributed by atoms with Crippen LogP contribution in [0.3, 0.4) is 0 Å². The van der Waals surface area contributed by atoms with Gasteiger partial charge >= 0.3 is 0 Å². The number of rotatable bonds is 37. The zero-order valence-electron chi connectivity index (χ0n) is 28.3. The quantitative estimate of drug-likeness (QED) is 0.0696. The Morgan fingerprint density at radius 3 is 0.575 bits per heavy atom. The highest BCUT2D eigenvalue weighted by Gasteiger charge is 1.97. The van der Waals surface area contributed by atoms with E-state index >= 15 is 0 Å². The summed E-state index contributed by atoms with van der Waals surface area (Å²) in [4.78, 5) is 0. The van der Waals surface area contributed by atoms with Crippen molar-refractivity contribution in [1.82, 2.24) is 0 Å². The van der Waals surface area contributed by atoms with E-state index in [1.165, 1.54) is 205 Å². The second-order valence-corrected chi connectivity index (χ2v) is 12.8. The maximum absolute atomic E-state index is 5.76. The lowest BCUT2D eigenvalue weighted by atomic mass is 10.0. The highest BCUT2D eigenvalue weighted by molar-refractivity contribution is 4.51. The molecule has 0 spiro atoms. The molecular weight excluding hydrogens is 488 g/mol. The average Bonchev–Trinajstić information content (AvgIpc) is 2.97. The van der Waals surface area contributed by atoms with E-state index in [2.05, 4.69) is 13.8 Å². The van der Waals surface area contributed by atoms with Gasteiger partial charge in [0.25, 0.3) is 0 Å². The van der Waals surface area contributed by atoms with Gasteiger partial charge in [0.1, 0.15) is 0 Å².